The third-order valence-corrected chi connectivity index (χ3v) is 4.02. The Morgan fingerprint density at radius 3 is 2.52 bits per heavy atom. The molecule has 0 saturated carbocycles. The first-order chi connectivity index (χ1) is 10.1. The lowest BCUT2D eigenvalue weighted by molar-refractivity contribution is -0.140. The van der Waals surface area contributed by atoms with Gasteiger partial charge in [0.25, 0.3) is 0 Å². The number of aliphatic imine (C=N–C) groups is 1. The van der Waals surface area contributed by atoms with Crippen molar-refractivity contribution in [2.24, 2.45) is 4.99 Å². The zero-order valence-corrected chi connectivity index (χ0v) is 12.2. The monoisotopic (exact) mass is 282 g/mol. The van der Waals surface area contributed by atoms with Gasteiger partial charge < -0.3 is 9.67 Å². The molecule has 1 unspecified atom stereocenters. The van der Waals surface area contributed by atoms with Crippen molar-refractivity contribution in [3.63, 3.8) is 0 Å². The molecule has 0 amide bonds. The van der Waals surface area contributed by atoms with Crippen molar-refractivity contribution >= 4 is 17.4 Å². The highest BCUT2D eigenvalue weighted by Gasteiger charge is 2.26. The molecule has 108 valence electrons. The Morgan fingerprint density at radius 1 is 1.24 bits per heavy atom. The second-order valence-electron chi connectivity index (χ2n) is 5.53. The maximum atomic E-state index is 11.7. The van der Waals surface area contributed by atoms with Crippen LogP contribution in [0, 0.1) is 13.8 Å². The number of aromatic nitrogens is 1. The van der Waals surface area contributed by atoms with E-state index in [0.717, 1.165) is 29.2 Å². The minimum Gasteiger partial charge on any atom is -0.480 e. The lowest BCUT2D eigenvalue weighted by Gasteiger charge is -2.18. The molecule has 0 aliphatic carbocycles. The summed E-state index contributed by atoms with van der Waals surface area (Å²) in [4.78, 5) is 16.3. The summed E-state index contributed by atoms with van der Waals surface area (Å²) in [5.41, 5.74) is 5.03. The molecule has 1 aromatic carbocycles. The van der Waals surface area contributed by atoms with E-state index in [4.69, 9.17) is 0 Å². The van der Waals surface area contributed by atoms with E-state index in [-0.39, 0.29) is 0 Å². The van der Waals surface area contributed by atoms with Gasteiger partial charge in [-0.15, -0.1) is 0 Å². The average Bonchev–Trinajstić information content (AvgIpc) is 2.99. The van der Waals surface area contributed by atoms with Crippen molar-refractivity contribution in [1.82, 2.24) is 4.57 Å². The van der Waals surface area contributed by atoms with Crippen LogP contribution in [0.15, 0.2) is 41.4 Å². The van der Waals surface area contributed by atoms with E-state index in [1.54, 1.807) is 0 Å². The number of carbonyl (C=O) groups is 1. The Labute approximate surface area is 123 Å². The molecule has 3 rings (SSSR count). The fourth-order valence-corrected chi connectivity index (χ4v) is 3.00. The SMILES string of the molecule is Cc1ccc(C)n1C(CC1=Nc2ccccc2C1)C(=O)O. The summed E-state index contributed by atoms with van der Waals surface area (Å²) in [6.45, 7) is 3.88. The fourth-order valence-electron chi connectivity index (χ4n) is 3.00. The van der Waals surface area contributed by atoms with Crippen LogP contribution >= 0.6 is 0 Å². The molecule has 4 nitrogen and oxygen atoms in total. The van der Waals surface area contributed by atoms with Gasteiger partial charge in [0.15, 0.2) is 0 Å². The summed E-state index contributed by atoms with van der Waals surface area (Å²) >= 11 is 0. The minimum atomic E-state index is -0.809. The van der Waals surface area contributed by atoms with E-state index in [1.165, 1.54) is 5.56 Å². The maximum Gasteiger partial charge on any atom is 0.327 e. The zero-order chi connectivity index (χ0) is 15.0. The summed E-state index contributed by atoms with van der Waals surface area (Å²) in [7, 11) is 0. The third kappa shape index (κ3) is 2.49. The molecule has 0 fully saturated rings. The number of aliphatic carboxylic acids is 1. The van der Waals surface area contributed by atoms with Gasteiger partial charge in [0.1, 0.15) is 6.04 Å². The summed E-state index contributed by atoms with van der Waals surface area (Å²) in [5, 5.41) is 9.60. The fraction of sp³-hybridized carbons (Fsp3) is 0.294. The smallest absolute Gasteiger partial charge is 0.327 e. The molecule has 21 heavy (non-hydrogen) atoms. The molecular formula is C17H18N2O2. The number of rotatable bonds is 4. The number of aryl methyl sites for hydroxylation is 2. The van der Waals surface area contributed by atoms with Crippen LogP contribution in [0.5, 0.6) is 0 Å². The highest BCUT2D eigenvalue weighted by atomic mass is 16.4. The average molecular weight is 282 g/mol. The van der Waals surface area contributed by atoms with Crippen molar-refractivity contribution in [2.75, 3.05) is 0 Å². The van der Waals surface area contributed by atoms with Crippen LogP contribution < -0.4 is 0 Å². The predicted octanol–water partition coefficient (Wildman–Crippen LogP) is 3.45. The second-order valence-corrected chi connectivity index (χ2v) is 5.53. The normalized spacial score (nSPS) is 14.7. The largest absolute Gasteiger partial charge is 0.480 e. The summed E-state index contributed by atoms with van der Waals surface area (Å²) in [6.07, 6.45) is 1.19. The molecule has 1 N–H and O–H groups in total. The number of para-hydroxylation sites is 1. The number of nitrogens with zero attached hydrogens (tertiary/aromatic N) is 2. The Hall–Kier alpha value is -2.36. The minimum absolute atomic E-state index is 0.445. The Bertz CT molecular complexity index is 709. The van der Waals surface area contributed by atoms with Crippen molar-refractivity contribution < 1.29 is 9.90 Å². The van der Waals surface area contributed by atoms with E-state index in [1.807, 2.05) is 54.8 Å². The van der Waals surface area contributed by atoms with E-state index in [0.29, 0.717) is 6.42 Å². The lowest BCUT2D eigenvalue weighted by atomic mass is 10.0. The lowest BCUT2D eigenvalue weighted by Crippen LogP contribution is -2.24. The molecule has 1 aliphatic rings. The molecule has 1 aliphatic heterocycles. The molecule has 1 aromatic heterocycles. The van der Waals surface area contributed by atoms with E-state index in [9.17, 15) is 9.90 Å². The Morgan fingerprint density at radius 2 is 1.90 bits per heavy atom. The van der Waals surface area contributed by atoms with Gasteiger partial charge >= 0.3 is 5.97 Å². The number of carboxylic acids is 1. The molecule has 0 bridgehead atoms. The van der Waals surface area contributed by atoms with Crippen LogP contribution in [0.25, 0.3) is 0 Å². The van der Waals surface area contributed by atoms with Crippen molar-refractivity contribution in [2.45, 2.75) is 32.7 Å². The zero-order valence-electron chi connectivity index (χ0n) is 12.2. The predicted molar refractivity (Wildman–Crippen MR) is 82.4 cm³/mol. The number of carboxylic acid groups (broad SMARTS) is 1. The van der Waals surface area contributed by atoms with Crippen molar-refractivity contribution in [3.05, 3.63) is 53.3 Å². The van der Waals surface area contributed by atoms with Crippen molar-refractivity contribution in [3.8, 4) is 0 Å². The molecule has 0 radical (unpaired) electrons. The van der Waals surface area contributed by atoms with E-state index in [2.05, 4.69) is 4.99 Å². The number of hydrogen-bond donors (Lipinski definition) is 1. The van der Waals surface area contributed by atoms with Crippen LogP contribution in [0.3, 0.4) is 0 Å². The molecule has 1 atom stereocenters. The highest BCUT2D eigenvalue weighted by molar-refractivity contribution is 5.96. The number of benzene rings is 1. The van der Waals surface area contributed by atoms with Crippen LogP contribution in [0.1, 0.15) is 29.4 Å². The number of fused-ring (bicyclic) bond motifs is 1. The molecule has 0 spiro atoms. The standard InChI is InChI=1S/C17H18N2O2/c1-11-7-8-12(2)19(11)16(17(20)21)10-14-9-13-5-3-4-6-15(13)18-14/h3-8,16H,9-10H2,1-2H3,(H,20,21). The first kappa shape index (κ1) is 13.6. The molecule has 4 heteroatoms. The Kier molecular flexibility index (Phi) is 3.37. The van der Waals surface area contributed by atoms with E-state index >= 15 is 0 Å². The van der Waals surface area contributed by atoms with Crippen LogP contribution in [-0.2, 0) is 11.2 Å². The first-order valence-electron chi connectivity index (χ1n) is 7.08. The van der Waals surface area contributed by atoms with Gasteiger partial charge in [0.05, 0.1) is 5.69 Å². The van der Waals surface area contributed by atoms with Gasteiger partial charge in [0.2, 0.25) is 0 Å². The van der Waals surface area contributed by atoms with Gasteiger partial charge in [-0.1, -0.05) is 18.2 Å². The highest BCUT2D eigenvalue weighted by Crippen LogP contribution is 2.30. The maximum absolute atomic E-state index is 11.7. The van der Waals surface area contributed by atoms with Crippen LogP contribution in [-0.4, -0.2) is 21.4 Å². The summed E-state index contributed by atoms with van der Waals surface area (Å²) in [5.74, 6) is -0.809. The van der Waals surface area contributed by atoms with Gasteiger partial charge in [-0.05, 0) is 37.6 Å². The summed E-state index contributed by atoms with van der Waals surface area (Å²) in [6, 6.07) is 11.3. The van der Waals surface area contributed by atoms with Gasteiger partial charge in [-0.3, -0.25) is 4.99 Å². The topological polar surface area (TPSA) is 54.6 Å². The molecular weight excluding hydrogens is 264 g/mol. The molecule has 2 aromatic rings. The molecule has 2 heterocycles. The summed E-state index contributed by atoms with van der Waals surface area (Å²) < 4.78 is 1.88. The van der Waals surface area contributed by atoms with E-state index < -0.39 is 12.0 Å². The third-order valence-electron chi connectivity index (χ3n) is 4.02. The Balaban J connectivity index is 1.87. The number of hydrogen-bond acceptors (Lipinski definition) is 2. The van der Waals surface area contributed by atoms with Gasteiger partial charge in [0, 0.05) is 29.9 Å². The first-order valence-corrected chi connectivity index (χ1v) is 7.08. The quantitative estimate of drug-likeness (QED) is 0.933. The van der Waals surface area contributed by atoms with Crippen LogP contribution in [0.4, 0.5) is 5.69 Å². The van der Waals surface area contributed by atoms with Gasteiger partial charge in [-0.25, -0.2) is 4.79 Å². The van der Waals surface area contributed by atoms with Crippen LogP contribution in [0.2, 0.25) is 0 Å². The van der Waals surface area contributed by atoms with Crippen molar-refractivity contribution in [1.29, 1.82) is 0 Å². The molecule has 0 saturated heterocycles. The van der Waals surface area contributed by atoms with Gasteiger partial charge in [-0.2, -0.15) is 0 Å². The second kappa shape index (κ2) is 5.20.